The molecule has 1 aromatic heterocycles. The van der Waals surface area contributed by atoms with Gasteiger partial charge in [0.05, 0.1) is 11.4 Å². The lowest BCUT2D eigenvalue weighted by atomic mass is 10.1. The number of nitrogen functional groups attached to an aromatic ring is 1. The lowest BCUT2D eigenvalue weighted by molar-refractivity contribution is 0.267. The number of likely N-dealkylation sites (tertiary alicyclic amines) is 1. The molecule has 1 aromatic carbocycles. The van der Waals surface area contributed by atoms with E-state index < -0.39 is 0 Å². The molecule has 0 aliphatic carbocycles. The molecule has 3 rings (SSSR count). The van der Waals surface area contributed by atoms with E-state index in [-0.39, 0.29) is 0 Å². The van der Waals surface area contributed by atoms with Crippen molar-refractivity contribution in [2.75, 3.05) is 39.0 Å². The van der Waals surface area contributed by atoms with E-state index in [9.17, 15) is 5.26 Å². The van der Waals surface area contributed by atoms with Gasteiger partial charge in [-0.2, -0.15) is 10.4 Å². The maximum atomic E-state index is 9.53. The fraction of sp³-hybridized carbons (Fsp3) is 0.500. The number of nitrogens with one attached hydrogen (secondary N) is 2. The quantitative estimate of drug-likeness (QED) is 0.350. The van der Waals surface area contributed by atoms with Crippen LogP contribution in [0.15, 0.2) is 35.3 Å². The molecule has 1 unspecified atom stereocenters. The van der Waals surface area contributed by atoms with Gasteiger partial charge in [-0.25, -0.2) is 4.68 Å². The van der Waals surface area contributed by atoms with Crippen molar-refractivity contribution in [1.82, 2.24) is 25.3 Å². The number of guanidine groups is 1. The van der Waals surface area contributed by atoms with Crippen molar-refractivity contribution < 1.29 is 0 Å². The Labute approximate surface area is 178 Å². The van der Waals surface area contributed by atoms with Gasteiger partial charge >= 0.3 is 0 Å². The molecular weight excluding hydrogens is 376 g/mol. The van der Waals surface area contributed by atoms with Gasteiger partial charge in [0, 0.05) is 26.2 Å². The SMILES string of the molecule is CCN1CCCC1CNC(=NC)NCCCc1nn(-c2ccccc2)c(N)c1C#N. The predicted molar refractivity (Wildman–Crippen MR) is 121 cm³/mol. The number of hydrogen-bond acceptors (Lipinski definition) is 5. The van der Waals surface area contributed by atoms with Gasteiger partial charge in [0.1, 0.15) is 17.5 Å². The summed E-state index contributed by atoms with van der Waals surface area (Å²) in [5, 5.41) is 20.9. The van der Waals surface area contributed by atoms with E-state index >= 15 is 0 Å². The second-order valence-corrected chi connectivity index (χ2v) is 7.47. The molecule has 0 bridgehead atoms. The van der Waals surface area contributed by atoms with Crippen LogP contribution in [-0.2, 0) is 6.42 Å². The molecule has 1 atom stereocenters. The van der Waals surface area contributed by atoms with Gasteiger partial charge in [-0.1, -0.05) is 25.1 Å². The molecule has 0 amide bonds. The topological polar surface area (TPSA) is 107 Å². The summed E-state index contributed by atoms with van der Waals surface area (Å²) in [7, 11) is 1.79. The Balaban J connectivity index is 1.50. The van der Waals surface area contributed by atoms with E-state index in [1.807, 2.05) is 30.3 Å². The molecule has 2 aromatic rings. The van der Waals surface area contributed by atoms with E-state index in [1.54, 1.807) is 11.7 Å². The van der Waals surface area contributed by atoms with Crippen molar-refractivity contribution >= 4 is 11.8 Å². The summed E-state index contributed by atoms with van der Waals surface area (Å²) in [6.45, 7) is 6.15. The van der Waals surface area contributed by atoms with Crippen LogP contribution in [0.4, 0.5) is 5.82 Å². The van der Waals surface area contributed by atoms with Crippen LogP contribution in [0, 0.1) is 11.3 Å². The van der Waals surface area contributed by atoms with E-state index in [4.69, 9.17) is 5.73 Å². The maximum Gasteiger partial charge on any atom is 0.191 e. The second kappa shape index (κ2) is 10.6. The first-order valence-electron chi connectivity index (χ1n) is 10.7. The summed E-state index contributed by atoms with van der Waals surface area (Å²) in [6.07, 6.45) is 4.00. The number of likely N-dealkylation sites (N-methyl/N-ethyl adjacent to an activating group) is 1. The Hall–Kier alpha value is -3.05. The third-order valence-electron chi connectivity index (χ3n) is 5.62. The first-order chi connectivity index (χ1) is 14.7. The summed E-state index contributed by atoms with van der Waals surface area (Å²) in [5.74, 6) is 1.20. The molecule has 0 saturated carbocycles. The van der Waals surface area contributed by atoms with Crippen LogP contribution in [0.5, 0.6) is 0 Å². The third kappa shape index (κ3) is 5.10. The molecule has 1 saturated heterocycles. The standard InChI is InChI=1S/C22H32N8/c1-3-29-14-8-11-18(29)16-27-22(25-2)26-13-7-12-20-19(15-23)21(24)30(28-20)17-9-5-4-6-10-17/h4-6,9-10,18H,3,7-8,11-14,16,24H2,1-2H3,(H2,25,26,27). The minimum absolute atomic E-state index is 0.390. The van der Waals surface area contributed by atoms with E-state index in [1.165, 1.54) is 19.4 Å². The zero-order valence-electron chi connectivity index (χ0n) is 17.9. The van der Waals surface area contributed by atoms with Crippen LogP contribution in [0.2, 0.25) is 0 Å². The fourth-order valence-electron chi connectivity index (χ4n) is 3.98. The third-order valence-corrected chi connectivity index (χ3v) is 5.62. The molecule has 8 heteroatoms. The van der Waals surface area contributed by atoms with Crippen molar-refractivity contribution in [2.45, 2.75) is 38.6 Å². The Morgan fingerprint density at radius 2 is 2.13 bits per heavy atom. The number of nitriles is 1. The summed E-state index contributed by atoms with van der Waals surface area (Å²) in [5.41, 5.74) is 8.22. The lowest BCUT2D eigenvalue weighted by Gasteiger charge is -2.23. The van der Waals surface area contributed by atoms with Crippen LogP contribution in [0.1, 0.15) is 37.4 Å². The van der Waals surface area contributed by atoms with Gasteiger partial charge < -0.3 is 16.4 Å². The zero-order valence-corrected chi connectivity index (χ0v) is 17.9. The molecule has 160 valence electrons. The average Bonchev–Trinajstić information content (AvgIpc) is 3.37. The van der Waals surface area contributed by atoms with Crippen LogP contribution in [0.25, 0.3) is 5.69 Å². The highest BCUT2D eigenvalue weighted by molar-refractivity contribution is 5.79. The Morgan fingerprint density at radius 3 is 2.83 bits per heavy atom. The molecule has 2 heterocycles. The van der Waals surface area contributed by atoms with E-state index in [0.717, 1.165) is 43.4 Å². The first kappa shape index (κ1) is 21.7. The summed E-state index contributed by atoms with van der Waals surface area (Å²) < 4.78 is 1.64. The smallest absolute Gasteiger partial charge is 0.191 e. The van der Waals surface area contributed by atoms with Gasteiger partial charge in [-0.15, -0.1) is 0 Å². The van der Waals surface area contributed by atoms with Gasteiger partial charge in [-0.3, -0.25) is 9.89 Å². The molecular formula is C22H32N8. The number of benzene rings is 1. The minimum Gasteiger partial charge on any atom is -0.382 e. The van der Waals surface area contributed by atoms with Gasteiger partial charge in [-0.05, 0) is 50.9 Å². The second-order valence-electron chi connectivity index (χ2n) is 7.47. The molecule has 4 N–H and O–H groups in total. The highest BCUT2D eigenvalue weighted by Gasteiger charge is 2.22. The molecule has 8 nitrogen and oxygen atoms in total. The van der Waals surface area contributed by atoms with Crippen molar-refractivity contribution in [2.24, 2.45) is 4.99 Å². The molecule has 0 radical (unpaired) electrons. The number of anilines is 1. The first-order valence-corrected chi connectivity index (χ1v) is 10.7. The zero-order chi connectivity index (χ0) is 21.3. The molecule has 0 spiro atoms. The largest absolute Gasteiger partial charge is 0.382 e. The number of rotatable bonds is 8. The van der Waals surface area contributed by atoms with Crippen LogP contribution >= 0.6 is 0 Å². The van der Waals surface area contributed by atoms with Crippen molar-refractivity contribution in [1.29, 1.82) is 5.26 Å². The Bertz CT molecular complexity index is 881. The minimum atomic E-state index is 0.390. The summed E-state index contributed by atoms with van der Waals surface area (Å²) in [6, 6.07) is 12.4. The molecule has 1 aliphatic rings. The normalized spacial score (nSPS) is 17.1. The van der Waals surface area contributed by atoms with Crippen LogP contribution in [-0.4, -0.2) is 59.9 Å². The van der Waals surface area contributed by atoms with Crippen molar-refractivity contribution in [3.63, 3.8) is 0 Å². The lowest BCUT2D eigenvalue weighted by Crippen LogP contribution is -2.45. The number of aryl methyl sites for hydroxylation is 1. The maximum absolute atomic E-state index is 9.53. The molecule has 1 aliphatic heterocycles. The van der Waals surface area contributed by atoms with Crippen LogP contribution < -0.4 is 16.4 Å². The van der Waals surface area contributed by atoms with Gasteiger partial charge in [0.25, 0.3) is 0 Å². The average molecular weight is 409 g/mol. The van der Waals surface area contributed by atoms with E-state index in [2.05, 4.69) is 38.6 Å². The Kier molecular flexibility index (Phi) is 7.69. The van der Waals surface area contributed by atoms with Crippen LogP contribution in [0.3, 0.4) is 0 Å². The predicted octanol–water partition coefficient (Wildman–Crippen LogP) is 1.91. The molecule has 1 fully saturated rings. The summed E-state index contributed by atoms with van der Waals surface area (Å²) >= 11 is 0. The molecule has 30 heavy (non-hydrogen) atoms. The number of nitrogens with two attached hydrogens (primary N) is 1. The number of aromatic nitrogens is 2. The number of para-hydroxylation sites is 1. The van der Waals surface area contributed by atoms with E-state index in [0.29, 0.717) is 23.8 Å². The fourth-order valence-corrected chi connectivity index (χ4v) is 3.98. The van der Waals surface area contributed by atoms with Crippen molar-refractivity contribution in [3.8, 4) is 11.8 Å². The number of aliphatic imine (C=N–C) groups is 1. The number of nitrogens with zero attached hydrogens (tertiary/aromatic N) is 5. The highest BCUT2D eigenvalue weighted by Crippen LogP contribution is 2.21. The van der Waals surface area contributed by atoms with Gasteiger partial charge in [0.15, 0.2) is 5.96 Å². The monoisotopic (exact) mass is 408 g/mol. The number of hydrogen-bond donors (Lipinski definition) is 3. The highest BCUT2D eigenvalue weighted by atomic mass is 15.3. The Morgan fingerprint density at radius 1 is 1.33 bits per heavy atom. The van der Waals surface area contributed by atoms with Crippen molar-refractivity contribution in [3.05, 3.63) is 41.6 Å². The van der Waals surface area contributed by atoms with Gasteiger partial charge in [0.2, 0.25) is 0 Å². The summed E-state index contributed by atoms with van der Waals surface area (Å²) in [4.78, 5) is 6.83.